The van der Waals surface area contributed by atoms with Crippen LogP contribution >= 0.6 is 0 Å². The maximum Gasteiger partial charge on any atom is 0.224 e. The number of amides is 1. The number of halogens is 2. The summed E-state index contributed by atoms with van der Waals surface area (Å²) in [4.78, 5) is 18.5. The van der Waals surface area contributed by atoms with Gasteiger partial charge in [0, 0.05) is 37.7 Å². The molecule has 0 unspecified atom stereocenters. The first-order valence-electron chi connectivity index (χ1n) is 10.1. The molecule has 5 rings (SSSR count). The lowest BCUT2D eigenvalue weighted by molar-refractivity contribution is -0.120. The number of hydrogen-bond donors (Lipinski definition) is 1. The molecule has 1 aromatic carbocycles. The summed E-state index contributed by atoms with van der Waals surface area (Å²) in [5.74, 6) is -0.133. The summed E-state index contributed by atoms with van der Waals surface area (Å²) in [6.07, 6.45) is 3.63. The van der Waals surface area contributed by atoms with Crippen LogP contribution in [-0.2, 0) is 16.0 Å². The first-order chi connectivity index (χ1) is 14.1. The largest absolute Gasteiger partial charge is 0.369 e. The summed E-state index contributed by atoms with van der Waals surface area (Å²) < 4.78 is 34.4. The molecule has 2 bridgehead atoms. The van der Waals surface area contributed by atoms with Crippen LogP contribution in [0.2, 0.25) is 0 Å². The molecule has 2 aromatic rings. The summed E-state index contributed by atoms with van der Waals surface area (Å²) >= 11 is 0. The van der Waals surface area contributed by atoms with Crippen molar-refractivity contribution in [3.05, 3.63) is 59.8 Å². The zero-order chi connectivity index (χ0) is 20.0. The smallest absolute Gasteiger partial charge is 0.224 e. The number of ether oxygens (including phenoxy) is 1. The average Bonchev–Trinajstić information content (AvgIpc) is 3.37. The summed E-state index contributed by atoms with van der Waals surface area (Å²) in [7, 11) is 0. The minimum absolute atomic E-state index is 0.0198. The van der Waals surface area contributed by atoms with E-state index in [1.807, 2.05) is 4.90 Å². The highest BCUT2D eigenvalue weighted by atomic mass is 19.1. The molecule has 29 heavy (non-hydrogen) atoms. The molecule has 152 valence electrons. The van der Waals surface area contributed by atoms with E-state index in [9.17, 15) is 13.6 Å². The average molecular weight is 399 g/mol. The standard InChI is InChI=1S/C22H23F2N3O2/c23-17-5-2-1-4-14(17)10-20(28)26-11-15-16-12-27(21-18(24)6-3-9-25-21)13-22(16)8-7-19(15)29-22/h1-6,9,15-16,19H,7-8,10-13H2,(H,26,28)/t15-,16+,19+,22+/m0/s1. The molecule has 3 aliphatic heterocycles. The Labute approximate surface area is 168 Å². The molecular formula is C22H23F2N3O2. The molecule has 3 aliphatic rings. The number of fused-ring (bicyclic) bond motifs is 1. The Balaban J connectivity index is 1.26. The molecule has 7 heteroatoms. The SMILES string of the molecule is O=C(Cc1ccccc1F)NC[C@H]1[C@H]2CN(c3ncccc3F)C[C@]23CC[C@H]1O3. The number of rotatable bonds is 5. The van der Waals surface area contributed by atoms with Gasteiger partial charge in [0.25, 0.3) is 0 Å². The van der Waals surface area contributed by atoms with E-state index in [1.54, 1.807) is 30.5 Å². The number of nitrogens with one attached hydrogen (secondary N) is 1. The molecule has 1 aromatic heterocycles. The van der Waals surface area contributed by atoms with Crippen LogP contribution < -0.4 is 10.2 Å². The van der Waals surface area contributed by atoms with E-state index in [-0.39, 0.29) is 47.5 Å². The van der Waals surface area contributed by atoms with Gasteiger partial charge in [-0.05, 0) is 36.6 Å². The van der Waals surface area contributed by atoms with E-state index in [1.165, 1.54) is 12.1 Å². The van der Waals surface area contributed by atoms with Gasteiger partial charge in [-0.15, -0.1) is 0 Å². The van der Waals surface area contributed by atoms with E-state index in [0.717, 1.165) is 12.8 Å². The third kappa shape index (κ3) is 3.17. The van der Waals surface area contributed by atoms with Crippen LogP contribution in [0.5, 0.6) is 0 Å². The van der Waals surface area contributed by atoms with E-state index >= 15 is 0 Å². The Hall–Kier alpha value is -2.54. The van der Waals surface area contributed by atoms with Gasteiger partial charge in [0.2, 0.25) is 5.91 Å². The van der Waals surface area contributed by atoms with Gasteiger partial charge in [0.05, 0.1) is 18.1 Å². The van der Waals surface area contributed by atoms with Crippen LogP contribution in [0, 0.1) is 23.5 Å². The molecule has 5 nitrogen and oxygen atoms in total. The van der Waals surface area contributed by atoms with Crippen LogP contribution in [0.25, 0.3) is 0 Å². The van der Waals surface area contributed by atoms with Crippen LogP contribution in [0.3, 0.4) is 0 Å². The van der Waals surface area contributed by atoms with Gasteiger partial charge in [-0.25, -0.2) is 13.8 Å². The summed E-state index contributed by atoms with van der Waals surface area (Å²) in [6, 6.07) is 9.33. The van der Waals surface area contributed by atoms with Crippen molar-refractivity contribution in [1.82, 2.24) is 10.3 Å². The van der Waals surface area contributed by atoms with Crippen molar-refractivity contribution in [3.63, 3.8) is 0 Å². The van der Waals surface area contributed by atoms with Gasteiger partial charge in [-0.3, -0.25) is 4.79 Å². The molecular weight excluding hydrogens is 376 g/mol. The molecule has 4 heterocycles. The third-order valence-electron chi connectivity index (χ3n) is 6.67. The fourth-order valence-electron chi connectivity index (χ4n) is 5.34. The molecule has 4 atom stereocenters. The Morgan fingerprint density at radius 3 is 2.90 bits per heavy atom. The Morgan fingerprint density at radius 1 is 1.24 bits per heavy atom. The number of anilines is 1. The minimum Gasteiger partial charge on any atom is -0.369 e. The number of pyridine rings is 1. The van der Waals surface area contributed by atoms with E-state index in [0.29, 0.717) is 31.0 Å². The topological polar surface area (TPSA) is 54.5 Å². The second-order valence-electron chi connectivity index (χ2n) is 8.29. The second kappa shape index (κ2) is 7.06. The fraction of sp³-hybridized carbons (Fsp3) is 0.455. The van der Waals surface area contributed by atoms with Crippen molar-refractivity contribution in [2.45, 2.75) is 31.0 Å². The molecule has 1 spiro atoms. The maximum atomic E-state index is 14.2. The van der Waals surface area contributed by atoms with Gasteiger partial charge < -0.3 is 15.0 Å². The molecule has 0 radical (unpaired) electrons. The Bertz CT molecular complexity index is 940. The second-order valence-corrected chi connectivity index (χ2v) is 8.29. The number of nitrogens with zero attached hydrogens (tertiary/aromatic N) is 2. The summed E-state index contributed by atoms with van der Waals surface area (Å²) in [5, 5.41) is 2.97. The highest BCUT2D eigenvalue weighted by molar-refractivity contribution is 5.78. The predicted molar refractivity (Wildman–Crippen MR) is 103 cm³/mol. The van der Waals surface area contributed by atoms with Gasteiger partial charge in [-0.2, -0.15) is 0 Å². The van der Waals surface area contributed by atoms with Crippen LogP contribution in [-0.4, -0.2) is 42.2 Å². The van der Waals surface area contributed by atoms with Crippen LogP contribution in [0.4, 0.5) is 14.6 Å². The molecule has 0 saturated carbocycles. The molecule has 0 aliphatic carbocycles. The van der Waals surface area contributed by atoms with Crippen molar-refractivity contribution in [1.29, 1.82) is 0 Å². The number of benzene rings is 1. The predicted octanol–water partition coefficient (Wildman–Crippen LogP) is 2.70. The third-order valence-corrected chi connectivity index (χ3v) is 6.67. The highest BCUT2D eigenvalue weighted by Crippen LogP contribution is 2.55. The lowest BCUT2D eigenvalue weighted by Crippen LogP contribution is -2.42. The van der Waals surface area contributed by atoms with Crippen molar-refractivity contribution in [3.8, 4) is 0 Å². The van der Waals surface area contributed by atoms with E-state index in [2.05, 4.69) is 10.3 Å². The molecule has 3 saturated heterocycles. The van der Waals surface area contributed by atoms with Crippen molar-refractivity contribution in [2.24, 2.45) is 11.8 Å². The lowest BCUT2D eigenvalue weighted by atomic mass is 9.73. The Morgan fingerprint density at radius 2 is 2.07 bits per heavy atom. The Kier molecular flexibility index (Phi) is 4.50. The fourth-order valence-corrected chi connectivity index (χ4v) is 5.34. The number of hydrogen-bond acceptors (Lipinski definition) is 4. The number of aromatic nitrogens is 1. The number of carbonyl (C=O) groups excluding carboxylic acids is 1. The minimum atomic E-state index is -0.367. The van der Waals surface area contributed by atoms with Crippen molar-refractivity contribution < 1.29 is 18.3 Å². The van der Waals surface area contributed by atoms with Crippen molar-refractivity contribution >= 4 is 11.7 Å². The van der Waals surface area contributed by atoms with Crippen molar-refractivity contribution in [2.75, 3.05) is 24.5 Å². The highest BCUT2D eigenvalue weighted by Gasteiger charge is 2.63. The lowest BCUT2D eigenvalue weighted by Gasteiger charge is -2.29. The van der Waals surface area contributed by atoms with Gasteiger partial charge in [-0.1, -0.05) is 18.2 Å². The zero-order valence-corrected chi connectivity index (χ0v) is 16.0. The van der Waals surface area contributed by atoms with E-state index < -0.39 is 0 Å². The molecule has 1 N–H and O–H groups in total. The summed E-state index contributed by atoms with van der Waals surface area (Å²) in [5.41, 5.74) is 0.110. The normalized spacial score (nSPS) is 29.9. The first kappa shape index (κ1) is 18.5. The zero-order valence-electron chi connectivity index (χ0n) is 16.0. The van der Waals surface area contributed by atoms with Crippen LogP contribution in [0.15, 0.2) is 42.6 Å². The summed E-state index contributed by atoms with van der Waals surface area (Å²) in [6.45, 7) is 1.78. The number of carbonyl (C=O) groups is 1. The quantitative estimate of drug-likeness (QED) is 0.840. The molecule has 3 fully saturated rings. The van der Waals surface area contributed by atoms with Gasteiger partial charge in [0.15, 0.2) is 11.6 Å². The van der Waals surface area contributed by atoms with Gasteiger partial charge in [0.1, 0.15) is 5.82 Å². The van der Waals surface area contributed by atoms with Gasteiger partial charge >= 0.3 is 0 Å². The monoisotopic (exact) mass is 399 g/mol. The first-order valence-corrected chi connectivity index (χ1v) is 10.1. The van der Waals surface area contributed by atoms with Crippen LogP contribution in [0.1, 0.15) is 18.4 Å². The van der Waals surface area contributed by atoms with E-state index in [4.69, 9.17) is 4.74 Å². The molecule has 1 amide bonds. The maximum absolute atomic E-state index is 14.2.